The second-order valence-corrected chi connectivity index (χ2v) is 15.5. The van der Waals surface area contributed by atoms with Gasteiger partial charge in [0.15, 0.2) is 5.82 Å². The first-order chi connectivity index (χ1) is 28.7. The number of rotatable bonds is 5. The Balaban J connectivity index is 1.08. The fourth-order valence-corrected chi connectivity index (χ4v) is 9.75. The van der Waals surface area contributed by atoms with E-state index < -0.39 is 5.41 Å². The zero-order chi connectivity index (χ0) is 38.6. The van der Waals surface area contributed by atoms with Gasteiger partial charge in [-0.1, -0.05) is 163 Å². The summed E-state index contributed by atoms with van der Waals surface area (Å²) in [7, 11) is 0. The molecule has 4 aliphatic rings. The summed E-state index contributed by atoms with van der Waals surface area (Å²) in [6, 6.07) is 54.9. The number of allylic oxidation sites excluding steroid dienone is 8. The number of ether oxygens (including phenoxy) is 1. The summed E-state index contributed by atoms with van der Waals surface area (Å²) in [5.74, 6) is 2.87. The number of benzene rings is 6. The van der Waals surface area contributed by atoms with Crippen molar-refractivity contribution in [3.05, 3.63) is 216 Å². The van der Waals surface area contributed by atoms with Crippen LogP contribution in [0.25, 0.3) is 56.2 Å². The van der Waals surface area contributed by atoms with Gasteiger partial charge in [0.25, 0.3) is 0 Å². The van der Waals surface area contributed by atoms with E-state index in [1.165, 1.54) is 27.8 Å². The smallest absolute Gasteiger partial charge is 0.160 e. The maximum absolute atomic E-state index is 9.46. The van der Waals surface area contributed by atoms with Crippen LogP contribution in [0.3, 0.4) is 0 Å². The largest absolute Gasteiger partial charge is 0.457 e. The Bertz CT molecular complexity index is 2920. The Morgan fingerprint density at radius 3 is 1.86 bits per heavy atom. The van der Waals surface area contributed by atoms with Crippen LogP contribution in [-0.2, 0) is 5.41 Å². The molecule has 58 heavy (non-hydrogen) atoms. The van der Waals surface area contributed by atoms with Gasteiger partial charge in [-0.25, -0.2) is 9.97 Å². The summed E-state index contributed by atoms with van der Waals surface area (Å²) in [4.78, 5) is 10.3. The van der Waals surface area contributed by atoms with Crippen molar-refractivity contribution in [2.45, 2.75) is 18.3 Å². The Kier molecular flexibility index (Phi) is 8.01. The minimum Gasteiger partial charge on any atom is -0.457 e. The highest BCUT2D eigenvalue weighted by Gasteiger charge is 2.57. The Morgan fingerprint density at radius 1 is 0.569 bits per heavy atom. The molecule has 4 heteroatoms. The van der Waals surface area contributed by atoms with Gasteiger partial charge in [-0.05, 0) is 71.0 Å². The van der Waals surface area contributed by atoms with E-state index in [1.54, 1.807) is 0 Å². The summed E-state index contributed by atoms with van der Waals surface area (Å²) in [5.41, 5.74) is 14.6. The molecular formula is C54H37N3O. The minimum atomic E-state index is -0.400. The van der Waals surface area contributed by atoms with E-state index >= 15 is 0 Å². The number of hydrogen-bond acceptors (Lipinski definition) is 4. The lowest BCUT2D eigenvalue weighted by atomic mass is 9.60. The second-order valence-electron chi connectivity index (χ2n) is 15.5. The number of hydrogen-bond donors (Lipinski definition) is 0. The van der Waals surface area contributed by atoms with Crippen LogP contribution in [0.2, 0.25) is 0 Å². The van der Waals surface area contributed by atoms with Crippen molar-refractivity contribution in [1.82, 2.24) is 9.97 Å². The van der Waals surface area contributed by atoms with Gasteiger partial charge >= 0.3 is 0 Å². The van der Waals surface area contributed by atoms with Gasteiger partial charge in [-0.15, -0.1) is 0 Å². The lowest BCUT2D eigenvalue weighted by Gasteiger charge is -2.45. The summed E-state index contributed by atoms with van der Waals surface area (Å²) in [6.45, 7) is 0. The number of fused-ring (bicyclic) bond motifs is 8. The molecule has 1 aliphatic heterocycles. The first-order valence-corrected chi connectivity index (χ1v) is 20.0. The van der Waals surface area contributed by atoms with Crippen molar-refractivity contribution in [1.29, 1.82) is 5.26 Å². The average Bonchev–Trinajstić information content (AvgIpc) is 3.59. The van der Waals surface area contributed by atoms with Gasteiger partial charge < -0.3 is 4.74 Å². The van der Waals surface area contributed by atoms with Crippen LogP contribution in [0.15, 0.2) is 199 Å². The van der Waals surface area contributed by atoms with Crippen LogP contribution >= 0.6 is 0 Å². The van der Waals surface area contributed by atoms with Gasteiger partial charge in [0.05, 0.1) is 28.4 Å². The SMILES string of the molecule is N#Cc1ccc(-c2ccc3c(c2)Oc2cc(-c4cc(-c5ccc(-c6ccccc6)cc5)nc(-c5ccccc5)n4)ccc2C32C3=C(C=CCC3)C3C=CC=CC32)cc1. The molecule has 0 bridgehead atoms. The lowest BCUT2D eigenvalue weighted by Crippen LogP contribution is -2.39. The van der Waals surface area contributed by atoms with Crippen LogP contribution in [0.4, 0.5) is 0 Å². The van der Waals surface area contributed by atoms with E-state index in [0.29, 0.717) is 11.4 Å². The molecule has 0 radical (unpaired) electrons. The lowest BCUT2D eigenvalue weighted by molar-refractivity contribution is 0.354. The molecule has 0 amide bonds. The second kappa shape index (κ2) is 13.7. The molecule has 0 N–H and O–H groups in total. The summed E-state index contributed by atoms with van der Waals surface area (Å²) >= 11 is 0. The minimum absolute atomic E-state index is 0.201. The van der Waals surface area contributed by atoms with E-state index in [9.17, 15) is 5.26 Å². The highest BCUT2D eigenvalue weighted by atomic mass is 16.5. The van der Waals surface area contributed by atoms with Gasteiger partial charge in [0, 0.05) is 39.7 Å². The molecule has 7 aromatic rings. The van der Waals surface area contributed by atoms with Gasteiger partial charge in [0.2, 0.25) is 0 Å². The molecular weight excluding hydrogens is 707 g/mol. The van der Waals surface area contributed by atoms with E-state index in [-0.39, 0.29) is 11.8 Å². The topological polar surface area (TPSA) is 58.8 Å². The molecule has 3 aliphatic carbocycles. The highest BCUT2D eigenvalue weighted by molar-refractivity contribution is 5.78. The van der Waals surface area contributed by atoms with Crippen molar-refractivity contribution >= 4 is 0 Å². The number of nitrogens with zero attached hydrogens (tertiary/aromatic N) is 3. The van der Waals surface area contributed by atoms with Gasteiger partial charge in [-0.3, -0.25) is 0 Å². The molecule has 11 rings (SSSR count). The fourth-order valence-electron chi connectivity index (χ4n) is 9.75. The van der Waals surface area contributed by atoms with Crippen molar-refractivity contribution in [3.63, 3.8) is 0 Å². The fraction of sp³-hybridized carbons (Fsp3) is 0.0926. The van der Waals surface area contributed by atoms with E-state index in [1.807, 2.05) is 48.5 Å². The standard InChI is InChI=1S/C54H37N3O/c55-34-35-19-21-38(22-20-35)41-27-29-47-51(31-41)58-52-32-42(28-30-48(52)54(47)45-17-9-7-15-43(45)44-16-8-10-18-46(44)54)50-33-49(56-53(57-50)40-13-5-2-6-14-40)39-25-23-37(24-26-39)36-11-3-1-4-12-36/h1-9,11-17,19-33,43,45H,10,18H2. The summed E-state index contributed by atoms with van der Waals surface area (Å²) < 4.78 is 7.10. The Labute approximate surface area is 338 Å². The zero-order valence-corrected chi connectivity index (χ0v) is 31.7. The van der Waals surface area contributed by atoms with Crippen LogP contribution in [0, 0.1) is 23.2 Å². The predicted octanol–water partition coefficient (Wildman–Crippen LogP) is 13.1. The maximum atomic E-state index is 9.46. The summed E-state index contributed by atoms with van der Waals surface area (Å²) in [5, 5.41) is 9.46. The Morgan fingerprint density at radius 2 is 1.14 bits per heavy atom. The highest BCUT2D eigenvalue weighted by Crippen LogP contribution is 2.65. The molecule has 3 atom stereocenters. The molecule has 6 aromatic carbocycles. The van der Waals surface area contributed by atoms with Crippen LogP contribution in [0.1, 0.15) is 29.5 Å². The van der Waals surface area contributed by atoms with Crippen molar-refractivity contribution in [2.24, 2.45) is 11.8 Å². The average molecular weight is 744 g/mol. The molecule has 0 fully saturated rings. The first-order valence-electron chi connectivity index (χ1n) is 20.0. The van der Waals surface area contributed by atoms with E-state index in [0.717, 1.165) is 69.1 Å². The quantitative estimate of drug-likeness (QED) is 0.176. The van der Waals surface area contributed by atoms with Crippen molar-refractivity contribution < 1.29 is 4.74 Å². The summed E-state index contributed by atoms with van der Waals surface area (Å²) in [6.07, 6.45) is 16.0. The van der Waals surface area contributed by atoms with Crippen molar-refractivity contribution in [3.8, 4) is 73.7 Å². The Hall–Kier alpha value is -7.35. The van der Waals surface area contributed by atoms with Crippen LogP contribution in [0.5, 0.6) is 11.5 Å². The normalized spacial score (nSPS) is 19.5. The monoisotopic (exact) mass is 743 g/mol. The van der Waals surface area contributed by atoms with Crippen molar-refractivity contribution in [2.75, 3.05) is 0 Å². The predicted molar refractivity (Wildman–Crippen MR) is 232 cm³/mol. The van der Waals surface area contributed by atoms with E-state index in [4.69, 9.17) is 14.7 Å². The molecule has 4 nitrogen and oxygen atoms in total. The molecule has 0 saturated carbocycles. The zero-order valence-electron chi connectivity index (χ0n) is 31.7. The molecule has 3 unspecified atom stereocenters. The van der Waals surface area contributed by atoms with Crippen LogP contribution in [-0.4, -0.2) is 9.97 Å². The van der Waals surface area contributed by atoms with E-state index in [2.05, 4.69) is 146 Å². The first kappa shape index (κ1) is 33.9. The number of nitriles is 1. The third-order valence-corrected chi connectivity index (χ3v) is 12.4. The number of aromatic nitrogens is 2. The molecule has 2 heterocycles. The molecule has 1 spiro atoms. The van der Waals surface area contributed by atoms with Gasteiger partial charge in [0.1, 0.15) is 11.5 Å². The molecule has 274 valence electrons. The van der Waals surface area contributed by atoms with Gasteiger partial charge in [-0.2, -0.15) is 5.26 Å². The third kappa shape index (κ3) is 5.43. The van der Waals surface area contributed by atoms with Crippen LogP contribution < -0.4 is 4.74 Å². The molecule has 0 saturated heterocycles. The molecule has 1 aromatic heterocycles. The maximum Gasteiger partial charge on any atom is 0.160 e. The third-order valence-electron chi connectivity index (χ3n) is 12.4.